The average Bonchev–Trinajstić information content (AvgIpc) is 2.85. The van der Waals surface area contributed by atoms with Gasteiger partial charge in [0.25, 0.3) is 0 Å². The normalized spacial score (nSPS) is 10.6. The van der Waals surface area contributed by atoms with Crippen LogP contribution in [0.3, 0.4) is 0 Å². The van der Waals surface area contributed by atoms with Crippen LogP contribution in [0.4, 0.5) is 0 Å². The van der Waals surface area contributed by atoms with Gasteiger partial charge in [0.2, 0.25) is 0 Å². The summed E-state index contributed by atoms with van der Waals surface area (Å²) in [5.74, 6) is 0.787. The summed E-state index contributed by atoms with van der Waals surface area (Å²) in [5.41, 5.74) is 1.91. The van der Waals surface area contributed by atoms with Crippen molar-refractivity contribution in [2.75, 3.05) is 0 Å². The van der Waals surface area contributed by atoms with Gasteiger partial charge in [-0.1, -0.05) is 43.0 Å². The minimum atomic E-state index is -0.804. The molecule has 100 valence electrons. The second kappa shape index (κ2) is 6.68. The van der Waals surface area contributed by atoms with Gasteiger partial charge < -0.3 is 5.11 Å². The molecule has 0 fully saturated rings. The van der Waals surface area contributed by atoms with Gasteiger partial charge >= 0.3 is 5.97 Å². The largest absolute Gasteiger partial charge is 0.481 e. The Labute approximate surface area is 120 Å². The average molecular weight is 294 g/mol. The van der Waals surface area contributed by atoms with Crippen LogP contribution in [0.5, 0.6) is 0 Å². The Kier molecular flexibility index (Phi) is 4.93. The monoisotopic (exact) mass is 294 g/mol. The maximum atomic E-state index is 10.8. The summed E-state index contributed by atoms with van der Waals surface area (Å²) >= 11 is 3.00. The van der Waals surface area contributed by atoms with E-state index < -0.39 is 5.97 Å². The first-order valence-corrected chi connectivity index (χ1v) is 7.69. The summed E-state index contributed by atoms with van der Waals surface area (Å²) in [6.45, 7) is 2.03. The van der Waals surface area contributed by atoms with E-state index in [-0.39, 0.29) is 6.42 Å². The molecule has 0 saturated heterocycles. The topological polar surface area (TPSA) is 63.1 Å². The molecule has 19 heavy (non-hydrogen) atoms. The van der Waals surface area contributed by atoms with E-state index in [0.29, 0.717) is 0 Å². The van der Waals surface area contributed by atoms with Crippen LogP contribution in [0.25, 0.3) is 0 Å². The summed E-state index contributed by atoms with van der Waals surface area (Å²) < 4.78 is 5.17. The number of carboxylic acid groups (broad SMARTS) is 1. The molecule has 0 spiro atoms. The lowest BCUT2D eigenvalue weighted by Crippen LogP contribution is -2.02. The summed E-state index contributed by atoms with van der Waals surface area (Å²) in [6, 6.07) is 7.63. The van der Waals surface area contributed by atoms with Crippen molar-refractivity contribution >= 4 is 29.3 Å². The zero-order valence-electron chi connectivity index (χ0n) is 10.5. The Bertz CT molecular complexity index is 569. The number of nitrogens with zero attached hydrogens (tertiary/aromatic N) is 2. The number of benzene rings is 1. The molecule has 4 nitrogen and oxygen atoms in total. The van der Waals surface area contributed by atoms with Crippen LogP contribution in [0.1, 0.15) is 23.9 Å². The van der Waals surface area contributed by atoms with Gasteiger partial charge in [0.05, 0.1) is 6.42 Å². The summed E-state index contributed by atoms with van der Waals surface area (Å²) in [4.78, 5) is 15.2. The number of aliphatic carboxylic acids is 1. The lowest BCUT2D eigenvalue weighted by atomic mass is 10.1. The van der Waals surface area contributed by atoms with Crippen molar-refractivity contribution in [1.82, 2.24) is 9.36 Å². The molecule has 0 aliphatic heterocycles. The lowest BCUT2D eigenvalue weighted by molar-refractivity contribution is -0.136. The van der Waals surface area contributed by atoms with Crippen LogP contribution >= 0.6 is 23.3 Å². The number of aryl methyl sites for hydroxylation is 1. The summed E-state index contributed by atoms with van der Waals surface area (Å²) in [7, 11) is 0. The molecule has 2 rings (SSSR count). The van der Waals surface area contributed by atoms with Crippen molar-refractivity contribution in [3.8, 4) is 0 Å². The minimum Gasteiger partial charge on any atom is -0.481 e. The molecule has 1 N–H and O–H groups in total. The van der Waals surface area contributed by atoms with Crippen molar-refractivity contribution in [1.29, 1.82) is 0 Å². The molecule has 6 heteroatoms. The summed E-state index contributed by atoms with van der Waals surface area (Å²) in [5, 5.41) is 8.88. The van der Waals surface area contributed by atoms with Crippen LogP contribution in [0.2, 0.25) is 0 Å². The predicted molar refractivity (Wildman–Crippen MR) is 76.6 cm³/mol. The molecular weight excluding hydrogens is 280 g/mol. The first-order valence-electron chi connectivity index (χ1n) is 5.93. The third-order valence-corrected chi connectivity index (χ3v) is 4.50. The molecule has 0 aliphatic carbocycles. The van der Waals surface area contributed by atoms with Gasteiger partial charge in [-0.2, -0.15) is 4.37 Å². The van der Waals surface area contributed by atoms with E-state index in [0.717, 1.165) is 33.5 Å². The summed E-state index contributed by atoms with van der Waals surface area (Å²) in [6.07, 6.45) is 0.903. The molecular formula is C13H14N2O2S2. The van der Waals surface area contributed by atoms with E-state index in [9.17, 15) is 4.79 Å². The fraction of sp³-hybridized carbons (Fsp3) is 0.308. The van der Waals surface area contributed by atoms with Crippen LogP contribution in [0.15, 0.2) is 28.6 Å². The zero-order chi connectivity index (χ0) is 13.7. The minimum absolute atomic E-state index is 0.0626. The highest BCUT2D eigenvalue weighted by Gasteiger charge is 2.08. The Hall–Kier alpha value is -1.40. The van der Waals surface area contributed by atoms with Gasteiger partial charge in [-0.15, -0.1) is 0 Å². The Morgan fingerprint density at radius 3 is 2.74 bits per heavy atom. The second-order valence-corrected chi connectivity index (χ2v) is 5.93. The van der Waals surface area contributed by atoms with Crippen LogP contribution in [0, 0.1) is 0 Å². The number of hydrogen-bond donors (Lipinski definition) is 1. The Balaban J connectivity index is 2.04. The molecule has 0 amide bonds. The second-order valence-electron chi connectivity index (χ2n) is 3.96. The zero-order valence-corrected chi connectivity index (χ0v) is 12.1. The molecule has 1 aromatic heterocycles. The van der Waals surface area contributed by atoms with E-state index in [1.54, 1.807) is 11.8 Å². The smallest absolute Gasteiger partial charge is 0.307 e. The van der Waals surface area contributed by atoms with Gasteiger partial charge in [-0.25, -0.2) is 4.98 Å². The first kappa shape index (κ1) is 14.0. The molecule has 1 aromatic carbocycles. The molecule has 2 aromatic rings. The van der Waals surface area contributed by atoms with Gasteiger partial charge in [0, 0.05) is 12.2 Å². The maximum Gasteiger partial charge on any atom is 0.307 e. The highest BCUT2D eigenvalue weighted by Crippen LogP contribution is 2.26. The first-order chi connectivity index (χ1) is 9.19. The number of carboxylic acids is 1. The van der Waals surface area contributed by atoms with E-state index in [2.05, 4.69) is 9.36 Å². The van der Waals surface area contributed by atoms with Crippen molar-refractivity contribution in [3.63, 3.8) is 0 Å². The van der Waals surface area contributed by atoms with Crippen molar-refractivity contribution in [2.45, 2.75) is 29.9 Å². The molecule has 0 saturated carbocycles. The predicted octanol–water partition coefficient (Wildman–Crippen LogP) is 3.02. The molecule has 0 bridgehead atoms. The van der Waals surface area contributed by atoms with Crippen LogP contribution in [-0.2, 0) is 23.4 Å². The van der Waals surface area contributed by atoms with Crippen LogP contribution in [-0.4, -0.2) is 20.4 Å². The van der Waals surface area contributed by atoms with Crippen LogP contribution < -0.4 is 0 Å². The maximum absolute atomic E-state index is 10.8. The Morgan fingerprint density at radius 1 is 1.37 bits per heavy atom. The fourth-order valence-electron chi connectivity index (χ4n) is 1.61. The van der Waals surface area contributed by atoms with Crippen molar-refractivity contribution < 1.29 is 9.90 Å². The Morgan fingerprint density at radius 2 is 2.11 bits per heavy atom. The van der Waals surface area contributed by atoms with E-state index in [1.165, 1.54) is 11.5 Å². The van der Waals surface area contributed by atoms with Gasteiger partial charge in [0.15, 0.2) is 4.34 Å². The quantitative estimate of drug-likeness (QED) is 0.830. The highest BCUT2D eigenvalue weighted by atomic mass is 32.2. The number of carbonyl (C=O) groups is 1. The van der Waals surface area contributed by atoms with E-state index in [4.69, 9.17) is 5.11 Å². The third-order valence-electron chi connectivity index (χ3n) is 2.58. The molecule has 0 radical (unpaired) electrons. The number of rotatable bonds is 6. The molecule has 0 aliphatic rings. The number of aromatic nitrogens is 2. The SMILES string of the molecule is CCc1nsc(SCc2ccccc2CC(=O)O)n1. The van der Waals surface area contributed by atoms with Crippen molar-refractivity contribution in [3.05, 3.63) is 41.2 Å². The van der Waals surface area contributed by atoms with E-state index >= 15 is 0 Å². The fourth-order valence-corrected chi connectivity index (χ4v) is 3.34. The molecule has 1 heterocycles. The van der Waals surface area contributed by atoms with Gasteiger partial charge in [0.1, 0.15) is 5.82 Å². The van der Waals surface area contributed by atoms with Gasteiger partial charge in [-0.3, -0.25) is 4.79 Å². The number of thioether (sulfide) groups is 1. The number of hydrogen-bond acceptors (Lipinski definition) is 5. The molecule has 0 atom stereocenters. The molecule has 0 unspecified atom stereocenters. The van der Waals surface area contributed by atoms with Gasteiger partial charge in [-0.05, 0) is 22.7 Å². The standard InChI is InChI=1S/C13H14N2O2S2/c1-2-11-14-13(19-15-11)18-8-10-6-4-3-5-9(10)7-12(16)17/h3-6H,2,7-8H2,1H3,(H,16,17). The third kappa shape index (κ3) is 4.04. The lowest BCUT2D eigenvalue weighted by Gasteiger charge is -2.05. The van der Waals surface area contributed by atoms with E-state index in [1.807, 2.05) is 31.2 Å². The van der Waals surface area contributed by atoms with Crippen molar-refractivity contribution in [2.24, 2.45) is 0 Å². The highest BCUT2D eigenvalue weighted by molar-refractivity contribution is 8.00.